The van der Waals surface area contributed by atoms with Crippen LogP contribution in [0.25, 0.3) is 0 Å². The molecule has 0 radical (unpaired) electrons. The number of hydrogen-bond acceptors (Lipinski definition) is 6. The zero-order valence-electron chi connectivity index (χ0n) is 19.1. The highest BCUT2D eigenvalue weighted by Crippen LogP contribution is 2.30. The molecule has 1 aliphatic heterocycles. The average Bonchev–Trinajstić information content (AvgIpc) is 2.79. The molecule has 1 aliphatic rings. The zero-order chi connectivity index (χ0) is 24.9. The van der Waals surface area contributed by atoms with E-state index in [2.05, 4.69) is 20.3 Å². The summed E-state index contributed by atoms with van der Waals surface area (Å²) >= 11 is 0. The number of primary amides is 1. The maximum atomic E-state index is 12.9. The molecule has 10 nitrogen and oxygen atoms in total. The molecule has 0 unspecified atom stereocenters. The minimum absolute atomic E-state index is 0.0500. The van der Waals surface area contributed by atoms with Crippen LogP contribution in [0, 0.1) is 0 Å². The van der Waals surface area contributed by atoms with E-state index in [9.17, 15) is 22.8 Å². The first-order valence-electron chi connectivity index (χ1n) is 11.0. The van der Waals surface area contributed by atoms with Crippen molar-refractivity contribution in [1.82, 2.24) is 4.72 Å². The number of nitrogens with zero attached hydrogens (tertiary/aromatic N) is 1. The summed E-state index contributed by atoms with van der Waals surface area (Å²) in [5.74, 6) is -1.49. The molecule has 1 atom stereocenters. The van der Waals surface area contributed by atoms with Crippen LogP contribution in [0.3, 0.4) is 0 Å². The number of carbonyl (C=O) groups is 3. The van der Waals surface area contributed by atoms with Crippen LogP contribution in [-0.4, -0.2) is 45.3 Å². The molecule has 1 saturated heterocycles. The third-order valence-electron chi connectivity index (χ3n) is 5.45. The van der Waals surface area contributed by atoms with Crippen LogP contribution < -0.4 is 26.0 Å². The molecule has 182 valence electrons. The number of rotatable bonds is 8. The summed E-state index contributed by atoms with van der Waals surface area (Å²) in [5.41, 5.74) is 7.25. The summed E-state index contributed by atoms with van der Waals surface area (Å²) in [6.07, 6.45) is 3.16. The van der Waals surface area contributed by atoms with Crippen molar-refractivity contribution >= 4 is 44.8 Å². The molecule has 0 spiro atoms. The third kappa shape index (κ3) is 6.33. The standard InChI is InChI=1S/C23H29N5O5S/c1-15(27-34(32,33)19-9-7-18(8-10-19)25-16(2)29)23(31)26-20-14-17(22(24)30)6-11-21(20)28-12-4-3-5-13-28/h6-11,14-15,27H,3-5,12-13H2,1-2H3,(H2,24,30)(H,25,29)(H,26,31)/t15-/m0/s1. The largest absolute Gasteiger partial charge is 0.370 e. The van der Waals surface area contributed by atoms with E-state index < -0.39 is 27.9 Å². The van der Waals surface area contributed by atoms with E-state index in [4.69, 9.17) is 5.73 Å². The number of piperidine rings is 1. The summed E-state index contributed by atoms with van der Waals surface area (Å²) < 4.78 is 27.8. The van der Waals surface area contributed by atoms with Crippen LogP contribution in [0.4, 0.5) is 17.1 Å². The Kier molecular flexibility index (Phi) is 7.90. The van der Waals surface area contributed by atoms with Gasteiger partial charge in [0.05, 0.1) is 22.3 Å². The Bertz CT molecular complexity index is 1170. The number of nitrogens with two attached hydrogens (primary N) is 1. The molecule has 0 bridgehead atoms. The molecule has 0 aliphatic carbocycles. The van der Waals surface area contributed by atoms with Gasteiger partial charge in [-0.15, -0.1) is 0 Å². The van der Waals surface area contributed by atoms with E-state index in [0.717, 1.165) is 38.0 Å². The topological polar surface area (TPSA) is 151 Å². The van der Waals surface area contributed by atoms with Crippen molar-refractivity contribution in [2.75, 3.05) is 28.6 Å². The van der Waals surface area contributed by atoms with Crippen molar-refractivity contribution < 1.29 is 22.8 Å². The first-order chi connectivity index (χ1) is 16.1. The summed E-state index contributed by atoms with van der Waals surface area (Å²) in [7, 11) is -4.00. The molecule has 11 heteroatoms. The Hall–Kier alpha value is -3.44. The van der Waals surface area contributed by atoms with Gasteiger partial charge in [0.2, 0.25) is 27.7 Å². The highest BCUT2D eigenvalue weighted by atomic mass is 32.2. The van der Waals surface area contributed by atoms with Gasteiger partial charge in [-0.25, -0.2) is 8.42 Å². The predicted molar refractivity (Wildman–Crippen MR) is 130 cm³/mol. The summed E-state index contributed by atoms with van der Waals surface area (Å²) in [6.45, 7) is 4.41. The second-order valence-electron chi connectivity index (χ2n) is 8.18. The first kappa shape index (κ1) is 25.2. The van der Waals surface area contributed by atoms with Gasteiger partial charge in [-0.2, -0.15) is 4.72 Å². The molecule has 2 aromatic carbocycles. The molecule has 34 heavy (non-hydrogen) atoms. The summed E-state index contributed by atoms with van der Waals surface area (Å²) in [5, 5.41) is 5.30. The molecule has 1 fully saturated rings. The van der Waals surface area contributed by atoms with E-state index in [1.165, 1.54) is 44.2 Å². The number of carbonyl (C=O) groups excluding carboxylic acids is 3. The van der Waals surface area contributed by atoms with Gasteiger partial charge in [0.25, 0.3) is 0 Å². The predicted octanol–water partition coefficient (Wildman–Crippen LogP) is 2.04. The molecule has 5 N–H and O–H groups in total. The Morgan fingerprint density at radius 3 is 2.21 bits per heavy atom. The van der Waals surface area contributed by atoms with Gasteiger partial charge in [-0.05, 0) is 68.7 Å². The first-order valence-corrected chi connectivity index (χ1v) is 12.4. The molecule has 0 aromatic heterocycles. The SMILES string of the molecule is CC(=O)Nc1ccc(S(=O)(=O)N[C@@H](C)C(=O)Nc2cc(C(N)=O)ccc2N2CCCCC2)cc1. The fourth-order valence-corrected chi connectivity index (χ4v) is 4.92. The van der Waals surface area contributed by atoms with E-state index >= 15 is 0 Å². The maximum Gasteiger partial charge on any atom is 0.248 e. The number of anilines is 3. The molecule has 0 saturated carbocycles. The van der Waals surface area contributed by atoms with E-state index in [-0.39, 0.29) is 16.4 Å². The summed E-state index contributed by atoms with van der Waals surface area (Å²) in [4.78, 5) is 37.8. The molecular weight excluding hydrogens is 458 g/mol. The number of benzene rings is 2. The van der Waals surface area contributed by atoms with Gasteiger partial charge in [-0.3, -0.25) is 14.4 Å². The summed E-state index contributed by atoms with van der Waals surface area (Å²) in [6, 6.07) is 9.34. The van der Waals surface area contributed by atoms with Crippen LogP contribution in [0.5, 0.6) is 0 Å². The van der Waals surface area contributed by atoms with Crippen LogP contribution in [0.15, 0.2) is 47.4 Å². The lowest BCUT2D eigenvalue weighted by Gasteiger charge is -2.31. The van der Waals surface area contributed by atoms with Gasteiger partial charge in [0.15, 0.2) is 0 Å². The molecule has 2 aromatic rings. The molecular formula is C23H29N5O5S. The fraction of sp³-hybridized carbons (Fsp3) is 0.348. The van der Waals surface area contributed by atoms with Gasteiger partial charge in [0, 0.05) is 31.3 Å². The Labute approximate surface area is 198 Å². The Morgan fingerprint density at radius 2 is 1.62 bits per heavy atom. The lowest BCUT2D eigenvalue weighted by molar-refractivity contribution is -0.117. The van der Waals surface area contributed by atoms with Crippen molar-refractivity contribution in [3.63, 3.8) is 0 Å². The quantitative estimate of drug-likeness (QED) is 0.447. The normalized spacial score (nSPS) is 14.8. The number of nitrogens with one attached hydrogen (secondary N) is 3. The van der Waals surface area contributed by atoms with E-state index in [1.54, 1.807) is 12.1 Å². The van der Waals surface area contributed by atoms with Crippen molar-refractivity contribution in [3.05, 3.63) is 48.0 Å². The number of sulfonamides is 1. The number of amides is 3. The van der Waals surface area contributed by atoms with Gasteiger partial charge < -0.3 is 21.3 Å². The lowest BCUT2D eigenvalue weighted by atomic mass is 10.1. The monoisotopic (exact) mass is 487 g/mol. The lowest BCUT2D eigenvalue weighted by Crippen LogP contribution is -2.42. The molecule has 3 amide bonds. The van der Waals surface area contributed by atoms with Crippen LogP contribution in [-0.2, 0) is 19.6 Å². The third-order valence-corrected chi connectivity index (χ3v) is 7.00. The smallest absolute Gasteiger partial charge is 0.248 e. The van der Waals surface area contributed by atoms with Crippen LogP contribution >= 0.6 is 0 Å². The minimum Gasteiger partial charge on any atom is -0.370 e. The molecule has 1 heterocycles. The highest BCUT2D eigenvalue weighted by Gasteiger charge is 2.24. The Morgan fingerprint density at radius 1 is 0.971 bits per heavy atom. The Balaban J connectivity index is 1.76. The van der Waals surface area contributed by atoms with E-state index in [1.807, 2.05) is 0 Å². The van der Waals surface area contributed by atoms with Gasteiger partial charge >= 0.3 is 0 Å². The van der Waals surface area contributed by atoms with Gasteiger partial charge in [0.1, 0.15) is 0 Å². The van der Waals surface area contributed by atoms with E-state index in [0.29, 0.717) is 11.4 Å². The average molecular weight is 488 g/mol. The van der Waals surface area contributed by atoms with Crippen molar-refractivity contribution in [2.45, 2.75) is 44.0 Å². The number of hydrogen-bond donors (Lipinski definition) is 4. The molecule has 3 rings (SSSR count). The second-order valence-corrected chi connectivity index (χ2v) is 9.90. The minimum atomic E-state index is -4.00. The van der Waals surface area contributed by atoms with Crippen molar-refractivity contribution in [3.8, 4) is 0 Å². The zero-order valence-corrected chi connectivity index (χ0v) is 19.9. The maximum absolute atomic E-state index is 12.9. The van der Waals surface area contributed by atoms with Gasteiger partial charge in [-0.1, -0.05) is 0 Å². The fourth-order valence-electron chi connectivity index (χ4n) is 3.72. The second kappa shape index (κ2) is 10.7. The van der Waals surface area contributed by atoms with Crippen molar-refractivity contribution in [2.24, 2.45) is 5.73 Å². The highest BCUT2D eigenvalue weighted by molar-refractivity contribution is 7.89. The van der Waals surface area contributed by atoms with Crippen LogP contribution in [0.2, 0.25) is 0 Å². The van der Waals surface area contributed by atoms with Crippen LogP contribution in [0.1, 0.15) is 43.5 Å². The van der Waals surface area contributed by atoms with Crippen molar-refractivity contribution in [1.29, 1.82) is 0 Å².